The van der Waals surface area contributed by atoms with Crippen molar-refractivity contribution in [1.82, 2.24) is 14.5 Å². The van der Waals surface area contributed by atoms with Crippen LogP contribution in [0, 0.1) is 6.92 Å². The number of aryl methyl sites for hydroxylation is 1. The molecule has 1 aliphatic heterocycles. The van der Waals surface area contributed by atoms with E-state index in [1.54, 1.807) is 6.20 Å². The molecule has 0 N–H and O–H groups in total. The maximum absolute atomic E-state index is 11.8. The van der Waals surface area contributed by atoms with Crippen LogP contribution in [0.1, 0.15) is 23.9 Å². The SMILES string of the molecule is Cc1ccc(-n2c(C3CCS(=O)(=O)C3)nc3cccnc32)o1. The monoisotopic (exact) mass is 317 g/mol. The molecule has 1 aliphatic rings. The molecule has 0 amide bonds. The Bertz CT molecular complexity index is 955. The molecule has 1 unspecified atom stereocenters. The van der Waals surface area contributed by atoms with E-state index in [4.69, 9.17) is 4.42 Å². The Morgan fingerprint density at radius 2 is 2.18 bits per heavy atom. The van der Waals surface area contributed by atoms with Crippen LogP contribution in [0.4, 0.5) is 0 Å². The minimum Gasteiger partial charge on any atom is -0.445 e. The van der Waals surface area contributed by atoms with E-state index in [9.17, 15) is 8.42 Å². The molecule has 0 aromatic carbocycles. The molecule has 3 aromatic heterocycles. The number of imidazole rings is 1. The van der Waals surface area contributed by atoms with Gasteiger partial charge in [0.15, 0.2) is 15.5 Å². The predicted molar refractivity (Wildman–Crippen MR) is 81.9 cm³/mol. The largest absolute Gasteiger partial charge is 0.445 e. The summed E-state index contributed by atoms with van der Waals surface area (Å²) in [5.74, 6) is 2.35. The molecular weight excluding hydrogens is 302 g/mol. The highest BCUT2D eigenvalue weighted by Gasteiger charge is 2.33. The van der Waals surface area contributed by atoms with Gasteiger partial charge < -0.3 is 4.42 Å². The van der Waals surface area contributed by atoms with Crippen LogP contribution in [0.25, 0.3) is 17.0 Å². The second kappa shape index (κ2) is 4.67. The summed E-state index contributed by atoms with van der Waals surface area (Å²) in [5, 5.41) is 0. The van der Waals surface area contributed by atoms with Gasteiger partial charge >= 0.3 is 0 Å². The Labute approximate surface area is 127 Å². The van der Waals surface area contributed by atoms with Crippen LogP contribution in [0.5, 0.6) is 0 Å². The lowest BCUT2D eigenvalue weighted by atomic mass is 10.1. The molecule has 1 atom stereocenters. The van der Waals surface area contributed by atoms with Crippen LogP contribution >= 0.6 is 0 Å². The zero-order valence-corrected chi connectivity index (χ0v) is 12.9. The Morgan fingerprint density at radius 1 is 1.32 bits per heavy atom. The normalized spacial score (nSPS) is 20.7. The van der Waals surface area contributed by atoms with Gasteiger partial charge in [-0.25, -0.2) is 23.0 Å². The molecule has 7 heteroatoms. The summed E-state index contributed by atoms with van der Waals surface area (Å²) in [7, 11) is -2.98. The van der Waals surface area contributed by atoms with Crippen molar-refractivity contribution < 1.29 is 12.8 Å². The number of aromatic nitrogens is 3. The van der Waals surface area contributed by atoms with Crippen LogP contribution < -0.4 is 0 Å². The van der Waals surface area contributed by atoms with E-state index in [0.717, 1.165) is 11.3 Å². The lowest BCUT2D eigenvalue weighted by Gasteiger charge is -2.09. The average Bonchev–Trinajstić information content (AvgIpc) is 3.14. The van der Waals surface area contributed by atoms with Crippen molar-refractivity contribution in [2.75, 3.05) is 11.5 Å². The van der Waals surface area contributed by atoms with E-state index in [1.165, 1.54) is 0 Å². The molecule has 1 saturated heterocycles. The van der Waals surface area contributed by atoms with Crippen LogP contribution in [0.2, 0.25) is 0 Å². The number of nitrogens with zero attached hydrogens (tertiary/aromatic N) is 3. The number of hydrogen-bond acceptors (Lipinski definition) is 5. The number of pyridine rings is 1. The molecule has 4 rings (SSSR count). The summed E-state index contributed by atoms with van der Waals surface area (Å²) >= 11 is 0. The first-order valence-electron chi connectivity index (χ1n) is 7.14. The van der Waals surface area contributed by atoms with Gasteiger partial charge in [0.05, 0.1) is 11.5 Å². The maximum atomic E-state index is 11.8. The van der Waals surface area contributed by atoms with E-state index < -0.39 is 9.84 Å². The van der Waals surface area contributed by atoms with Gasteiger partial charge in [0.25, 0.3) is 0 Å². The van der Waals surface area contributed by atoms with Gasteiger partial charge in [0.1, 0.15) is 17.1 Å². The van der Waals surface area contributed by atoms with Crippen molar-refractivity contribution in [1.29, 1.82) is 0 Å². The van der Waals surface area contributed by atoms with Crippen molar-refractivity contribution in [3.05, 3.63) is 42.0 Å². The zero-order chi connectivity index (χ0) is 15.3. The predicted octanol–water partition coefficient (Wildman–Crippen LogP) is 2.22. The van der Waals surface area contributed by atoms with E-state index in [-0.39, 0.29) is 17.4 Å². The van der Waals surface area contributed by atoms with E-state index in [2.05, 4.69) is 9.97 Å². The Hall–Kier alpha value is -2.15. The molecule has 3 aromatic rings. The third-order valence-electron chi connectivity index (χ3n) is 3.99. The van der Waals surface area contributed by atoms with E-state index in [0.29, 0.717) is 23.8 Å². The van der Waals surface area contributed by atoms with Crippen molar-refractivity contribution in [3.63, 3.8) is 0 Å². The second-order valence-corrected chi connectivity index (χ2v) is 7.86. The molecule has 1 fully saturated rings. The van der Waals surface area contributed by atoms with Crippen LogP contribution in [-0.2, 0) is 9.84 Å². The molecule has 22 heavy (non-hydrogen) atoms. The van der Waals surface area contributed by atoms with Crippen molar-refractivity contribution in [2.24, 2.45) is 0 Å². The summed E-state index contributed by atoms with van der Waals surface area (Å²) in [5.41, 5.74) is 1.44. The maximum Gasteiger partial charge on any atom is 0.206 e. The fourth-order valence-corrected chi connectivity index (χ4v) is 4.70. The highest BCUT2D eigenvalue weighted by molar-refractivity contribution is 7.91. The first-order chi connectivity index (χ1) is 10.5. The average molecular weight is 317 g/mol. The fraction of sp³-hybridized carbons (Fsp3) is 0.333. The minimum absolute atomic E-state index is 0.121. The molecule has 6 nitrogen and oxygen atoms in total. The van der Waals surface area contributed by atoms with Crippen molar-refractivity contribution in [2.45, 2.75) is 19.3 Å². The second-order valence-electron chi connectivity index (χ2n) is 5.64. The number of fused-ring (bicyclic) bond motifs is 1. The number of rotatable bonds is 2. The molecule has 0 radical (unpaired) electrons. The summed E-state index contributed by atoms with van der Waals surface area (Å²) in [6, 6.07) is 7.43. The molecule has 0 spiro atoms. The summed E-state index contributed by atoms with van der Waals surface area (Å²) in [6.45, 7) is 1.87. The number of sulfone groups is 1. The van der Waals surface area contributed by atoms with Crippen LogP contribution in [0.3, 0.4) is 0 Å². The first-order valence-corrected chi connectivity index (χ1v) is 8.96. The lowest BCUT2D eigenvalue weighted by Crippen LogP contribution is -2.09. The highest BCUT2D eigenvalue weighted by Crippen LogP contribution is 2.32. The van der Waals surface area contributed by atoms with E-state index >= 15 is 0 Å². The van der Waals surface area contributed by atoms with Crippen LogP contribution in [-0.4, -0.2) is 34.5 Å². The summed E-state index contributed by atoms with van der Waals surface area (Å²) < 4.78 is 31.2. The third kappa shape index (κ3) is 2.12. The summed E-state index contributed by atoms with van der Waals surface area (Å²) in [4.78, 5) is 9.01. The Balaban J connectivity index is 1.94. The molecule has 0 saturated carbocycles. The molecule has 114 valence electrons. The van der Waals surface area contributed by atoms with Crippen molar-refractivity contribution in [3.8, 4) is 5.88 Å². The van der Waals surface area contributed by atoms with Gasteiger partial charge in [-0.05, 0) is 31.5 Å². The first kappa shape index (κ1) is 13.5. The molecule has 4 heterocycles. The Morgan fingerprint density at radius 3 is 2.86 bits per heavy atom. The quantitative estimate of drug-likeness (QED) is 0.724. The fourth-order valence-electron chi connectivity index (χ4n) is 2.96. The molecule has 0 bridgehead atoms. The summed E-state index contributed by atoms with van der Waals surface area (Å²) in [6.07, 6.45) is 2.29. The van der Waals surface area contributed by atoms with Gasteiger partial charge in [-0.2, -0.15) is 0 Å². The van der Waals surface area contributed by atoms with Crippen molar-refractivity contribution >= 4 is 21.0 Å². The number of furan rings is 1. The third-order valence-corrected chi connectivity index (χ3v) is 5.75. The zero-order valence-electron chi connectivity index (χ0n) is 12.1. The van der Waals surface area contributed by atoms with E-state index in [1.807, 2.05) is 35.8 Å². The molecular formula is C15H15N3O3S. The van der Waals surface area contributed by atoms with Gasteiger partial charge in [-0.3, -0.25) is 0 Å². The lowest BCUT2D eigenvalue weighted by molar-refractivity contribution is 0.503. The van der Waals surface area contributed by atoms with Gasteiger partial charge in [0, 0.05) is 18.2 Å². The topological polar surface area (TPSA) is 78.0 Å². The van der Waals surface area contributed by atoms with Gasteiger partial charge in [-0.1, -0.05) is 0 Å². The minimum atomic E-state index is -2.98. The highest BCUT2D eigenvalue weighted by atomic mass is 32.2. The number of hydrogen-bond donors (Lipinski definition) is 0. The van der Waals surface area contributed by atoms with Gasteiger partial charge in [-0.15, -0.1) is 0 Å². The van der Waals surface area contributed by atoms with Crippen LogP contribution in [0.15, 0.2) is 34.9 Å². The Kier molecular flexibility index (Phi) is 2.87. The smallest absolute Gasteiger partial charge is 0.206 e. The standard InChI is InChI=1S/C15H15N3O3S/c1-10-4-5-13(21-10)18-14(11-6-8-22(19,20)9-11)17-12-3-2-7-16-15(12)18/h2-5,7,11H,6,8-9H2,1H3. The van der Waals surface area contributed by atoms with Gasteiger partial charge in [0.2, 0.25) is 5.88 Å². The molecule has 0 aliphatic carbocycles.